The highest BCUT2D eigenvalue weighted by Crippen LogP contribution is 2.33. The number of benzene rings is 2. The fourth-order valence-electron chi connectivity index (χ4n) is 6.11. The van der Waals surface area contributed by atoms with E-state index in [1.54, 1.807) is 12.1 Å². The Morgan fingerprint density at radius 3 is 2.67 bits per heavy atom. The van der Waals surface area contributed by atoms with Crippen molar-refractivity contribution >= 4 is 22.1 Å². The minimum absolute atomic E-state index is 0.271. The maximum atomic E-state index is 14.5. The summed E-state index contributed by atoms with van der Waals surface area (Å²) in [4.78, 5) is 17.5. The fraction of sp³-hybridized carbons (Fsp3) is 0.273. The van der Waals surface area contributed by atoms with E-state index in [4.69, 9.17) is 4.98 Å². The zero-order chi connectivity index (χ0) is 28.5. The number of hydrogen-bond acceptors (Lipinski definition) is 6. The van der Waals surface area contributed by atoms with Crippen LogP contribution in [0.4, 0.5) is 4.39 Å². The van der Waals surface area contributed by atoms with Crippen LogP contribution >= 0.6 is 0 Å². The van der Waals surface area contributed by atoms with Crippen molar-refractivity contribution in [2.24, 2.45) is 5.92 Å². The highest BCUT2D eigenvalue weighted by molar-refractivity contribution is 5.97. The molecule has 0 spiro atoms. The summed E-state index contributed by atoms with van der Waals surface area (Å²) in [6.45, 7) is 2.44. The summed E-state index contributed by atoms with van der Waals surface area (Å²) < 4.78 is 14.5. The molecule has 1 aliphatic rings. The van der Waals surface area contributed by atoms with Gasteiger partial charge in [-0.2, -0.15) is 5.10 Å². The fourth-order valence-corrected chi connectivity index (χ4v) is 6.11. The number of para-hydroxylation sites is 1. The molecular weight excluding hydrogens is 527 g/mol. The molecule has 6 aromatic rings. The second-order valence-corrected chi connectivity index (χ2v) is 11.2. The Morgan fingerprint density at radius 1 is 0.929 bits per heavy atom. The van der Waals surface area contributed by atoms with Gasteiger partial charge in [-0.05, 0) is 85.4 Å². The number of halogens is 1. The molecule has 9 heteroatoms. The molecule has 8 nitrogen and oxygen atoms in total. The second kappa shape index (κ2) is 11.4. The van der Waals surface area contributed by atoms with Gasteiger partial charge < -0.3 is 15.6 Å². The van der Waals surface area contributed by atoms with Crippen LogP contribution in [0.5, 0.6) is 0 Å². The lowest BCUT2D eigenvalue weighted by atomic mass is 10.0. The van der Waals surface area contributed by atoms with Crippen molar-refractivity contribution in [3.8, 4) is 33.8 Å². The van der Waals surface area contributed by atoms with Crippen LogP contribution in [-0.4, -0.2) is 43.7 Å². The Hall–Kier alpha value is -4.47. The van der Waals surface area contributed by atoms with Crippen LogP contribution in [-0.2, 0) is 13.1 Å². The summed E-state index contributed by atoms with van der Waals surface area (Å²) in [7, 11) is 1.85. The van der Waals surface area contributed by atoms with E-state index in [1.165, 1.54) is 25.7 Å². The van der Waals surface area contributed by atoms with Gasteiger partial charge in [0.05, 0.1) is 16.4 Å². The number of H-pyrrole nitrogens is 2. The summed E-state index contributed by atoms with van der Waals surface area (Å²) in [5.74, 6) is 1.17. The molecular formula is C33H33FN8. The summed E-state index contributed by atoms with van der Waals surface area (Å²) in [5.41, 5.74) is 8.62. The minimum atomic E-state index is -0.271. The molecule has 0 radical (unpaired) electrons. The Bertz CT molecular complexity index is 1870. The van der Waals surface area contributed by atoms with E-state index in [1.807, 2.05) is 49.9 Å². The lowest BCUT2D eigenvalue weighted by Gasteiger charge is -2.11. The van der Waals surface area contributed by atoms with E-state index in [9.17, 15) is 4.39 Å². The van der Waals surface area contributed by atoms with Crippen LogP contribution in [0.3, 0.4) is 0 Å². The van der Waals surface area contributed by atoms with Gasteiger partial charge in [0.25, 0.3) is 0 Å². The molecule has 0 amide bonds. The number of aromatic nitrogens is 6. The number of aromatic amines is 2. The molecule has 2 aromatic carbocycles. The summed E-state index contributed by atoms with van der Waals surface area (Å²) in [6, 6.07) is 15.3. The number of fused-ring (bicyclic) bond motifs is 2. The van der Waals surface area contributed by atoms with Gasteiger partial charge in [0.1, 0.15) is 11.5 Å². The zero-order valence-electron chi connectivity index (χ0n) is 23.5. The largest absolute Gasteiger partial charge is 0.337 e. The average molecular weight is 561 g/mol. The molecule has 0 unspecified atom stereocenters. The van der Waals surface area contributed by atoms with E-state index < -0.39 is 0 Å². The number of imidazole rings is 1. The summed E-state index contributed by atoms with van der Waals surface area (Å²) in [5, 5.41) is 15.1. The monoisotopic (exact) mass is 560 g/mol. The Kier molecular flexibility index (Phi) is 7.19. The van der Waals surface area contributed by atoms with Crippen molar-refractivity contribution < 1.29 is 4.39 Å². The number of nitrogens with zero attached hydrogens (tertiary/aromatic N) is 4. The van der Waals surface area contributed by atoms with Gasteiger partial charge in [0, 0.05) is 48.4 Å². The third kappa shape index (κ3) is 5.29. The number of hydrogen-bond donors (Lipinski definition) is 4. The highest BCUT2D eigenvalue weighted by atomic mass is 19.1. The molecule has 1 saturated carbocycles. The zero-order valence-corrected chi connectivity index (χ0v) is 23.5. The predicted molar refractivity (Wildman–Crippen MR) is 164 cm³/mol. The molecule has 0 aliphatic heterocycles. The van der Waals surface area contributed by atoms with E-state index in [-0.39, 0.29) is 5.82 Å². The van der Waals surface area contributed by atoms with Gasteiger partial charge in [-0.1, -0.05) is 25.0 Å². The second-order valence-electron chi connectivity index (χ2n) is 11.2. The average Bonchev–Trinajstić information content (AvgIpc) is 3.76. The third-order valence-corrected chi connectivity index (χ3v) is 8.17. The number of pyridine rings is 2. The van der Waals surface area contributed by atoms with E-state index in [0.29, 0.717) is 18.0 Å². The van der Waals surface area contributed by atoms with Gasteiger partial charge in [0.15, 0.2) is 11.5 Å². The maximum Gasteiger partial charge on any atom is 0.181 e. The van der Waals surface area contributed by atoms with Gasteiger partial charge in [0.2, 0.25) is 0 Å². The van der Waals surface area contributed by atoms with Crippen LogP contribution in [0.25, 0.3) is 55.8 Å². The molecule has 4 N–H and O–H groups in total. The topological polar surface area (TPSA) is 107 Å². The minimum Gasteiger partial charge on any atom is -0.337 e. The highest BCUT2D eigenvalue weighted by Gasteiger charge is 2.17. The van der Waals surface area contributed by atoms with Crippen LogP contribution in [0.1, 0.15) is 36.8 Å². The molecule has 7 rings (SSSR count). The van der Waals surface area contributed by atoms with Crippen LogP contribution in [0.15, 0.2) is 67.1 Å². The lowest BCUT2D eigenvalue weighted by molar-refractivity contribution is 0.489. The molecule has 212 valence electrons. The molecule has 4 heterocycles. The van der Waals surface area contributed by atoms with Crippen molar-refractivity contribution in [2.75, 3.05) is 13.6 Å². The first-order valence-corrected chi connectivity index (χ1v) is 14.6. The Balaban J connectivity index is 1.20. The Labute approximate surface area is 243 Å². The first kappa shape index (κ1) is 26.4. The predicted octanol–water partition coefficient (Wildman–Crippen LogP) is 6.37. The summed E-state index contributed by atoms with van der Waals surface area (Å²) in [6.07, 6.45) is 11.0. The number of nitrogens with one attached hydrogen (secondary N) is 4. The van der Waals surface area contributed by atoms with E-state index >= 15 is 0 Å². The third-order valence-electron chi connectivity index (χ3n) is 8.17. The van der Waals surface area contributed by atoms with Gasteiger partial charge >= 0.3 is 0 Å². The molecule has 0 bridgehead atoms. The first-order valence-electron chi connectivity index (χ1n) is 14.6. The van der Waals surface area contributed by atoms with Gasteiger partial charge in [-0.3, -0.25) is 10.1 Å². The van der Waals surface area contributed by atoms with Crippen LogP contribution < -0.4 is 10.6 Å². The molecule has 4 aromatic heterocycles. The standard InChI is InChI=1S/C33H33FN8/c1-35-14-21-9-23(12-26(34)11-21)27-7-4-8-29-30(27)40-33(39-29)31-28-13-25(19-38-32(28)42-41-31)24-10-22(17-37-18-24)16-36-15-20-5-2-3-6-20/h4,7-13,17-20,35-36H,2-3,5-6,14-16H2,1H3,(H,39,40)(H,38,41,42). The maximum absolute atomic E-state index is 14.5. The van der Waals surface area contributed by atoms with Gasteiger partial charge in [-0.15, -0.1) is 0 Å². The molecule has 0 atom stereocenters. The molecule has 42 heavy (non-hydrogen) atoms. The molecule has 0 saturated heterocycles. The molecule has 1 aliphatic carbocycles. The van der Waals surface area contributed by atoms with Crippen molar-refractivity contribution in [3.05, 3.63) is 84.1 Å². The number of rotatable bonds is 9. The van der Waals surface area contributed by atoms with Gasteiger partial charge in [-0.25, -0.2) is 14.4 Å². The van der Waals surface area contributed by atoms with Crippen molar-refractivity contribution in [1.29, 1.82) is 0 Å². The summed E-state index contributed by atoms with van der Waals surface area (Å²) >= 11 is 0. The lowest BCUT2D eigenvalue weighted by Crippen LogP contribution is -2.20. The first-order chi connectivity index (χ1) is 20.6. The smallest absolute Gasteiger partial charge is 0.181 e. The molecule has 1 fully saturated rings. The van der Waals surface area contributed by atoms with Crippen LogP contribution in [0.2, 0.25) is 0 Å². The quantitative estimate of drug-likeness (QED) is 0.164. The van der Waals surface area contributed by atoms with Crippen molar-refractivity contribution in [3.63, 3.8) is 0 Å². The van der Waals surface area contributed by atoms with E-state index in [2.05, 4.69) is 47.9 Å². The normalized spacial score (nSPS) is 14.0. The van der Waals surface area contributed by atoms with Crippen LogP contribution in [0, 0.1) is 11.7 Å². The SMILES string of the molecule is CNCc1cc(F)cc(-c2cccc3[nH]c(-c4[nH]nc5ncc(-c6cncc(CNCC7CCCC7)c6)cc45)nc23)c1. The van der Waals surface area contributed by atoms with E-state index in [0.717, 1.165) is 74.5 Å². The van der Waals surface area contributed by atoms with Crippen molar-refractivity contribution in [2.45, 2.75) is 38.8 Å². The Morgan fingerprint density at radius 2 is 1.79 bits per heavy atom. The van der Waals surface area contributed by atoms with Crippen molar-refractivity contribution in [1.82, 2.24) is 40.8 Å².